The first-order chi connectivity index (χ1) is 9.22. The van der Waals surface area contributed by atoms with Gasteiger partial charge >= 0.3 is 5.97 Å². The highest BCUT2D eigenvalue weighted by molar-refractivity contribution is 5.77. The van der Waals surface area contributed by atoms with E-state index in [9.17, 15) is 9.90 Å². The molecule has 0 aromatic rings. The van der Waals surface area contributed by atoms with E-state index in [0.717, 1.165) is 32.1 Å². The first-order valence-electron chi connectivity index (χ1n) is 7.98. The average Bonchev–Trinajstić information content (AvgIpc) is 2.65. The van der Waals surface area contributed by atoms with Crippen LogP contribution in [0.2, 0.25) is 0 Å². The van der Waals surface area contributed by atoms with Gasteiger partial charge in [-0.15, -0.1) is 0 Å². The summed E-state index contributed by atoms with van der Waals surface area (Å²) in [4.78, 5) is 12.5. The fourth-order valence-electron chi connectivity index (χ4n) is 4.76. The van der Waals surface area contributed by atoms with Crippen molar-refractivity contribution in [2.45, 2.75) is 65.9 Å². The Balaban J connectivity index is 2.41. The van der Waals surface area contributed by atoms with E-state index in [2.05, 4.69) is 27.7 Å². The van der Waals surface area contributed by atoms with Gasteiger partial charge in [-0.05, 0) is 55.3 Å². The van der Waals surface area contributed by atoms with E-state index in [1.54, 1.807) is 0 Å². The third kappa shape index (κ3) is 2.61. The second-order valence-corrected chi connectivity index (χ2v) is 8.09. The lowest BCUT2D eigenvalue weighted by Crippen LogP contribution is -2.45. The fourth-order valence-corrected chi connectivity index (χ4v) is 4.76. The number of aliphatic hydroxyl groups excluding tert-OH is 1. The van der Waals surface area contributed by atoms with Gasteiger partial charge in [-0.2, -0.15) is 0 Å². The molecule has 3 nitrogen and oxygen atoms in total. The van der Waals surface area contributed by atoms with Crippen molar-refractivity contribution in [3.05, 3.63) is 0 Å². The van der Waals surface area contributed by atoms with Crippen molar-refractivity contribution in [3.8, 4) is 0 Å². The maximum atomic E-state index is 12.5. The predicted molar refractivity (Wildman–Crippen MR) is 79.1 cm³/mol. The molecule has 116 valence electrons. The number of esters is 1. The Morgan fingerprint density at radius 1 is 1.15 bits per heavy atom. The molecule has 0 bridgehead atoms. The molecule has 20 heavy (non-hydrogen) atoms. The Labute approximate surface area is 123 Å². The summed E-state index contributed by atoms with van der Waals surface area (Å²) in [6.07, 6.45) is 4.30. The average molecular weight is 282 g/mol. The highest BCUT2D eigenvalue weighted by Crippen LogP contribution is 2.57. The molecule has 2 aliphatic carbocycles. The van der Waals surface area contributed by atoms with Crippen molar-refractivity contribution >= 4 is 5.97 Å². The van der Waals surface area contributed by atoms with E-state index in [-0.39, 0.29) is 28.8 Å². The van der Waals surface area contributed by atoms with Gasteiger partial charge in [0.05, 0.1) is 18.6 Å². The van der Waals surface area contributed by atoms with Crippen LogP contribution in [0.3, 0.4) is 0 Å². The van der Waals surface area contributed by atoms with Gasteiger partial charge in [-0.1, -0.05) is 27.7 Å². The van der Waals surface area contributed by atoms with Gasteiger partial charge in [0.15, 0.2) is 0 Å². The summed E-state index contributed by atoms with van der Waals surface area (Å²) in [7, 11) is 1.50. The largest absolute Gasteiger partial charge is 0.469 e. The minimum absolute atomic E-state index is 0.0522. The summed E-state index contributed by atoms with van der Waals surface area (Å²) in [5.74, 6) is 1.06. The zero-order valence-corrected chi connectivity index (χ0v) is 13.6. The van der Waals surface area contributed by atoms with Gasteiger partial charge in [0.2, 0.25) is 0 Å². The number of ether oxygens (including phenoxy) is 1. The van der Waals surface area contributed by atoms with E-state index in [1.807, 2.05) is 0 Å². The molecule has 2 aliphatic rings. The van der Waals surface area contributed by atoms with Crippen LogP contribution in [0, 0.1) is 28.6 Å². The lowest BCUT2D eigenvalue weighted by molar-refractivity contribution is -0.160. The Kier molecular flexibility index (Phi) is 4.21. The molecule has 5 atom stereocenters. The molecular weight excluding hydrogens is 252 g/mol. The van der Waals surface area contributed by atoms with Gasteiger partial charge in [0.25, 0.3) is 0 Å². The Bertz CT molecular complexity index is 376. The number of fused-ring (bicyclic) bond motifs is 1. The molecule has 0 heterocycles. The number of carbonyl (C=O) groups is 1. The molecule has 0 radical (unpaired) electrons. The Morgan fingerprint density at radius 3 is 2.40 bits per heavy atom. The van der Waals surface area contributed by atoms with Gasteiger partial charge < -0.3 is 9.84 Å². The quantitative estimate of drug-likeness (QED) is 0.750. The lowest BCUT2D eigenvalue weighted by Gasteiger charge is -2.45. The van der Waals surface area contributed by atoms with Crippen LogP contribution in [-0.4, -0.2) is 24.3 Å². The topological polar surface area (TPSA) is 46.5 Å². The minimum atomic E-state index is -0.369. The number of hydrogen-bond donors (Lipinski definition) is 1. The Hall–Kier alpha value is -0.570. The predicted octanol–water partition coefficient (Wildman–Crippen LogP) is 3.40. The van der Waals surface area contributed by atoms with Crippen LogP contribution in [0.1, 0.15) is 59.8 Å². The van der Waals surface area contributed by atoms with Gasteiger partial charge in [0, 0.05) is 0 Å². The van der Waals surface area contributed by atoms with Crippen molar-refractivity contribution in [2.24, 2.45) is 28.6 Å². The molecule has 2 saturated carbocycles. The molecule has 2 fully saturated rings. The maximum absolute atomic E-state index is 12.5. The first-order valence-corrected chi connectivity index (χ1v) is 7.98. The van der Waals surface area contributed by atoms with Crippen molar-refractivity contribution < 1.29 is 14.6 Å². The molecule has 0 spiro atoms. The molecular formula is C17H30O3. The first kappa shape index (κ1) is 15.8. The molecule has 0 aromatic heterocycles. The number of methoxy groups -OCH3 is 1. The van der Waals surface area contributed by atoms with Crippen molar-refractivity contribution in [1.82, 2.24) is 0 Å². The molecule has 3 heteroatoms. The van der Waals surface area contributed by atoms with Crippen LogP contribution in [0.25, 0.3) is 0 Å². The third-order valence-corrected chi connectivity index (χ3v) is 5.91. The van der Waals surface area contributed by atoms with E-state index in [0.29, 0.717) is 11.8 Å². The molecule has 0 saturated heterocycles. The summed E-state index contributed by atoms with van der Waals surface area (Å²) in [6.45, 7) is 8.80. The zero-order chi connectivity index (χ0) is 15.1. The normalized spacial score (nSPS) is 44.3. The van der Waals surface area contributed by atoms with Gasteiger partial charge in [-0.3, -0.25) is 4.79 Å². The smallest absolute Gasteiger partial charge is 0.312 e. The highest BCUT2D eigenvalue weighted by atomic mass is 16.5. The lowest BCUT2D eigenvalue weighted by atomic mass is 9.60. The molecule has 0 aromatic carbocycles. The summed E-state index contributed by atoms with van der Waals surface area (Å²) in [6, 6.07) is 0. The van der Waals surface area contributed by atoms with E-state index < -0.39 is 0 Å². The highest BCUT2D eigenvalue weighted by Gasteiger charge is 2.56. The summed E-state index contributed by atoms with van der Waals surface area (Å²) < 4.78 is 5.17. The van der Waals surface area contributed by atoms with Crippen LogP contribution in [0.5, 0.6) is 0 Å². The minimum Gasteiger partial charge on any atom is -0.469 e. The molecule has 0 amide bonds. The van der Waals surface area contributed by atoms with Crippen molar-refractivity contribution in [3.63, 3.8) is 0 Å². The van der Waals surface area contributed by atoms with Gasteiger partial charge in [-0.25, -0.2) is 0 Å². The maximum Gasteiger partial charge on any atom is 0.312 e. The van der Waals surface area contributed by atoms with E-state index in [1.165, 1.54) is 7.11 Å². The summed E-state index contributed by atoms with van der Waals surface area (Å²) in [5, 5.41) is 10.4. The van der Waals surface area contributed by atoms with Crippen LogP contribution < -0.4 is 0 Å². The van der Waals surface area contributed by atoms with Crippen LogP contribution >= 0.6 is 0 Å². The molecule has 2 rings (SSSR count). The van der Waals surface area contributed by atoms with Crippen LogP contribution in [0.15, 0.2) is 0 Å². The van der Waals surface area contributed by atoms with Crippen LogP contribution in [0.4, 0.5) is 0 Å². The molecule has 0 unspecified atom stereocenters. The standard InChI is InChI=1S/C17H30O3/c1-11-6-7-17(15(19)20-5)8-12(2)14(18)10-16(3,4)9-13(11)17/h11-14,18H,6-10H2,1-5H3/t11-,12-,13+,14+,17+/m1/s1. The number of aliphatic hydroxyl groups is 1. The second kappa shape index (κ2) is 5.32. The SMILES string of the molecule is COC(=O)[C@]12CC[C@@H](C)[C@@H]1CC(C)(C)C[C@H](O)[C@H](C)C2. The molecule has 0 aliphatic heterocycles. The van der Waals surface area contributed by atoms with Crippen molar-refractivity contribution in [2.75, 3.05) is 7.11 Å². The third-order valence-electron chi connectivity index (χ3n) is 5.91. The fraction of sp³-hybridized carbons (Fsp3) is 0.941. The number of hydrogen-bond acceptors (Lipinski definition) is 3. The number of rotatable bonds is 1. The molecule has 1 N–H and O–H groups in total. The second-order valence-electron chi connectivity index (χ2n) is 8.09. The van der Waals surface area contributed by atoms with E-state index >= 15 is 0 Å². The summed E-state index contributed by atoms with van der Waals surface area (Å²) >= 11 is 0. The Morgan fingerprint density at radius 2 is 1.80 bits per heavy atom. The summed E-state index contributed by atoms with van der Waals surface area (Å²) in [5.41, 5.74) is -0.289. The zero-order valence-electron chi connectivity index (χ0n) is 13.6. The van der Waals surface area contributed by atoms with Gasteiger partial charge in [0.1, 0.15) is 0 Å². The van der Waals surface area contributed by atoms with Crippen LogP contribution in [-0.2, 0) is 9.53 Å². The monoisotopic (exact) mass is 282 g/mol. The van der Waals surface area contributed by atoms with Crippen molar-refractivity contribution in [1.29, 1.82) is 0 Å². The van der Waals surface area contributed by atoms with E-state index in [4.69, 9.17) is 4.74 Å². The number of carbonyl (C=O) groups excluding carboxylic acids is 1.